The van der Waals surface area contributed by atoms with Gasteiger partial charge < -0.3 is 9.64 Å². The highest BCUT2D eigenvalue weighted by atomic mass is 16.5. The van der Waals surface area contributed by atoms with Crippen molar-refractivity contribution in [2.75, 3.05) is 0 Å². The highest BCUT2D eigenvalue weighted by molar-refractivity contribution is 6.00. The zero-order valence-electron chi connectivity index (χ0n) is 11.6. The predicted octanol–water partition coefficient (Wildman–Crippen LogP) is 2.37. The molecule has 102 valence electrons. The van der Waals surface area contributed by atoms with E-state index in [0.717, 1.165) is 5.56 Å². The summed E-state index contributed by atoms with van der Waals surface area (Å²) in [4.78, 5) is 26.0. The summed E-state index contributed by atoms with van der Waals surface area (Å²) < 4.78 is 5.23. The topological polar surface area (TPSA) is 46.6 Å². The number of esters is 1. The van der Waals surface area contributed by atoms with Crippen molar-refractivity contribution in [3.05, 3.63) is 35.4 Å². The van der Waals surface area contributed by atoms with Crippen molar-refractivity contribution in [1.82, 2.24) is 4.90 Å². The van der Waals surface area contributed by atoms with Crippen LogP contribution in [0, 0.1) is 0 Å². The number of ether oxygens (including phenoxy) is 1. The van der Waals surface area contributed by atoms with Crippen LogP contribution in [0.4, 0.5) is 0 Å². The average Bonchev–Trinajstić information content (AvgIpc) is 2.68. The lowest BCUT2D eigenvalue weighted by Crippen LogP contribution is -2.42. The second-order valence-electron chi connectivity index (χ2n) is 5.00. The van der Waals surface area contributed by atoms with Crippen LogP contribution >= 0.6 is 0 Å². The molecule has 0 saturated carbocycles. The monoisotopic (exact) mass is 261 g/mol. The van der Waals surface area contributed by atoms with E-state index in [1.54, 1.807) is 11.0 Å². The molecule has 2 rings (SSSR count). The normalized spacial score (nSPS) is 15.6. The molecule has 0 radical (unpaired) electrons. The zero-order chi connectivity index (χ0) is 14.0. The lowest BCUT2D eigenvalue weighted by atomic mass is 10.1. The number of nitrogens with zero attached hydrogens (tertiary/aromatic N) is 1. The van der Waals surface area contributed by atoms with E-state index in [0.29, 0.717) is 18.5 Å². The molecule has 19 heavy (non-hydrogen) atoms. The predicted molar refractivity (Wildman–Crippen MR) is 71.6 cm³/mol. The van der Waals surface area contributed by atoms with E-state index in [4.69, 9.17) is 4.74 Å². The van der Waals surface area contributed by atoms with E-state index in [1.807, 2.05) is 39.0 Å². The molecular weight excluding hydrogens is 242 g/mol. The molecule has 1 aliphatic rings. The Morgan fingerprint density at radius 3 is 2.63 bits per heavy atom. The van der Waals surface area contributed by atoms with Gasteiger partial charge in [-0.15, -0.1) is 0 Å². The first-order chi connectivity index (χ1) is 9.04. The molecule has 0 spiro atoms. The summed E-state index contributed by atoms with van der Waals surface area (Å²) in [6.45, 7) is 6.00. The van der Waals surface area contributed by atoms with Crippen molar-refractivity contribution >= 4 is 11.9 Å². The Morgan fingerprint density at radius 1 is 1.37 bits per heavy atom. The summed E-state index contributed by atoms with van der Waals surface area (Å²) in [6, 6.07) is 6.98. The Morgan fingerprint density at radius 2 is 2.05 bits per heavy atom. The summed E-state index contributed by atoms with van der Waals surface area (Å²) in [7, 11) is 0. The Hall–Kier alpha value is -1.84. The summed E-state index contributed by atoms with van der Waals surface area (Å²) >= 11 is 0. The van der Waals surface area contributed by atoms with Crippen molar-refractivity contribution < 1.29 is 14.3 Å². The third-order valence-corrected chi connectivity index (χ3v) is 3.24. The maximum atomic E-state index is 12.3. The van der Waals surface area contributed by atoms with Gasteiger partial charge in [0.2, 0.25) is 0 Å². The van der Waals surface area contributed by atoms with Crippen molar-refractivity contribution in [1.29, 1.82) is 0 Å². The van der Waals surface area contributed by atoms with Gasteiger partial charge in [0, 0.05) is 12.1 Å². The van der Waals surface area contributed by atoms with Crippen LogP contribution in [0.5, 0.6) is 0 Å². The first-order valence-electron chi connectivity index (χ1n) is 6.64. The molecule has 0 aliphatic carbocycles. The molecule has 0 fully saturated rings. The molecule has 0 bridgehead atoms. The standard InChI is InChI=1S/C15H19NO3/c1-4-13(15(18)19-10(2)3)16-9-11-7-5-6-8-12(11)14(16)17/h5-8,10,13H,4,9H2,1-3H3. The summed E-state index contributed by atoms with van der Waals surface area (Å²) in [5.41, 5.74) is 1.67. The average molecular weight is 261 g/mol. The molecule has 1 aromatic carbocycles. The lowest BCUT2D eigenvalue weighted by Gasteiger charge is -2.25. The van der Waals surface area contributed by atoms with Crippen molar-refractivity contribution in [2.45, 2.75) is 45.9 Å². The van der Waals surface area contributed by atoms with Gasteiger partial charge >= 0.3 is 5.97 Å². The molecule has 1 heterocycles. The van der Waals surface area contributed by atoms with Crippen molar-refractivity contribution in [3.8, 4) is 0 Å². The van der Waals surface area contributed by atoms with Crippen LogP contribution in [-0.4, -0.2) is 28.9 Å². The Kier molecular flexibility index (Phi) is 3.88. The third-order valence-electron chi connectivity index (χ3n) is 3.24. The molecule has 1 aliphatic heterocycles. The number of hydrogen-bond acceptors (Lipinski definition) is 3. The van der Waals surface area contributed by atoms with Gasteiger partial charge in [0.05, 0.1) is 6.10 Å². The maximum Gasteiger partial charge on any atom is 0.329 e. The number of amides is 1. The summed E-state index contributed by atoms with van der Waals surface area (Å²) in [5, 5.41) is 0. The van der Waals surface area contributed by atoms with Gasteiger partial charge in [-0.3, -0.25) is 4.79 Å². The van der Waals surface area contributed by atoms with Crippen LogP contribution < -0.4 is 0 Å². The number of fused-ring (bicyclic) bond motifs is 1. The van der Waals surface area contributed by atoms with Crippen LogP contribution in [0.1, 0.15) is 43.1 Å². The molecule has 0 aromatic heterocycles. The van der Waals surface area contributed by atoms with Gasteiger partial charge in [-0.25, -0.2) is 4.79 Å². The van der Waals surface area contributed by atoms with Crippen LogP contribution in [0.2, 0.25) is 0 Å². The van der Waals surface area contributed by atoms with Gasteiger partial charge in [0.25, 0.3) is 5.91 Å². The molecule has 4 heteroatoms. The van der Waals surface area contributed by atoms with Crippen LogP contribution in [-0.2, 0) is 16.1 Å². The Labute approximate surface area is 113 Å². The minimum absolute atomic E-state index is 0.0804. The minimum Gasteiger partial charge on any atom is -0.461 e. The second-order valence-corrected chi connectivity index (χ2v) is 5.00. The summed E-state index contributed by atoms with van der Waals surface area (Å²) in [5.74, 6) is -0.401. The molecule has 1 unspecified atom stereocenters. The van der Waals surface area contributed by atoms with Crippen LogP contribution in [0.3, 0.4) is 0 Å². The van der Waals surface area contributed by atoms with Gasteiger partial charge in [-0.2, -0.15) is 0 Å². The Balaban J connectivity index is 2.19. The van der Waals surface area contributed by atoms with E-state index in [1.165, 1.54) is 0 Å². The first kappa shape index (κ1) is 13.6. The van der Waals surface area contributed by atoms with E-state index in [9.17, 15) is 9.59 Å². The smallest absolute Gasteiger partial charge is 0.329 e. The molecule has 0 saturated heterocycles. The van der Waals surface area contributed by atoms with Crippen LogP contribution in [0.15, 0.2) is 24.3 Å². The van der Waals surface area contributed by atoms with E-state index >= 15 is 0 Å². The largest absolute Gasteiger partial charge is 0.461 e. The number of benzene rings is 1. The van der Waals surface area contributed by atoms with Gasteiger partial charge in [0.15, 0.2) is 0 Å². The molecule has 4 nitrogen and oxygen atoms in total. The van der Waals surface area contributed by atoms with Gasteiger partial charge in [-0.1, -0.05) is 25.1 Å². The van der Waals surface area contributed by atoms with E-state index in [-0.39, 0.29) is 18.0 Å². The molecule has 0 N–H and O–H groups in total. The number of carbonyl (C=O) groups excluding carboxylic acids is 2. The molecule has 1 atom stereocenters. The number of rotatable bonds is 4. The fourth-order valence-corrected chi connectivity index (χ4v) is 2.35. The van der Waals surface area contributed by atoms with Gasteiger partial charge in [0.1, 0.15) is 6.04 Å². The Bertz CT molecular complexity index is 496. The van der Waals surface area contributed by atoms with Crippen LogP contribution in [0.25, 0.3) is 0 Å². The quantitative estimate of drug-likeness (QED) is 0.782. The highest BCUT2D eigenvalue weighted by Gasteiger charge is 2.36. The molecule has 1 amide bonds. The lowest BCUT2D eigenvalue weighted by molar-refractivity contribution is -0.153. The van der Waals surface area contributed by atoms with E-state index < -0.39 is 6.04 Å². The summed E-state index contributed by atoms with van der Waals surface area (Å²) in [6.07, 6.45) is 0.396. The first-order valence-corrected chi connectivity index (χ1v) is 6.64. The second kappa shape index (κ2) is 5.43. The third kappa shape index (κ3) is 2.62. The number of hydrogen-bond donors (Lipinski definition) is 0. The zero-order valence-corrected chi connectivity index (χ0v) is 11.6. The van der Waals surface area contributed by atoms with Gasteiger partial charge in [-0.05, 0) is 31.9 Å². The number of carbonyl (C=O) groups is 2. The SMILES string of the molecule is CCC(C(=O)OC(C)C)N1Cc2ccccc2C1=O. The molecule has 1 aromatic rings. The maximum absolute atomic E-state index is 12.3. The fraction of sp³-hybridized carbons (Fsp3) is 0.467. The van der Waals surface area contributed by atoms with Crippen molar-refractivity contribution in [3.63, 3.8) is 0 Å². The van der Waals surface area contributed by atoms with E-state index in [2.05, 4.69) is 0 Å². The highest BCUT2D eigenvalue weighted by Crippen LogP contribution is 2.25. The fourth-order valence-electron chi connectivity index (χ4n) is 2.35. The molecular formula is C15H19NO3. The minimum atomic E-state index is -0.498. The van der Waals surface area contributed by atoms with Crippen molar-refractivity contribution in [2.24, 2.45) is 0 Å².